The molecule has 26 heavy (non-hydrogen) atoms. The number of nitrogens with zero attached hydrogens (tertiary/aromatic N) is 1. The molecule has 2 aromatic carbocycles. The summed E-state index contributed by atoms with van der Waals surface area (Å²) in [4.78, 5) is 29.5. The first kappa shape index (κ1) is 17.7. The van der Waals surface area contributed by atoms with Crippen LogP contribution in [0.25, 0.3) is 10.9 Å². The molecule has 5 heteroatoms. The van der Waals surface area contributed by atoms with Crippen LogP contribution in [0.5, 0.6) is 0 Å². The third kappa shape index (κ3) is 3.77. The Bertz CT molecular complexity index is 939. The highest BCUT2D eigenvalue weighted by Crippen LogP contribution is 2.20. The van der Waals surface area contributed by atoms with Crippen molar-refractivity contribution in [3.8, 4) is 0 Å². The average Bonchev–Trinajstić information content (AvgIpc) is 3.01. The van der Waals surface area contributed by atoms with Crippen LogP contribution in [0.15, 0.2) is 48.7 Å². The fourth-order valence-electron chi connectivity index (χ4n) is 3.07. The Morgan fingerprint density at radius 2 is 1.73 bits per heavy atom. The highest BCUT2D eigenvalue weighted by atomic mass is 16.2. The van der Waals surface area contributed by atoms with Gasteiger partial charge in [-0.3, -0.25) is 9.59 Å². The minimum Gasteiger partial charge on any atom is -0.361 e. The predicted octanol–water partition coefficient (Wildman–Crippen LogP) is 3.42. The largest absolute Gasteiger partial charge is 0.361 e. The molecule has 0 spiro atoms. The smallest absolute Gasteiger partial charge is 0.243 e. The number of nitrogens with one attached hydrogen (secondary N) is 2. The van der Waals surface area contributed by atoms with Crippen molar-refractivity contribution in [3.05, 3.63) is 65.4 Å². The van der Waals surface area contributed by atoms with Crippen molar-refractivity contribution in [1.29, 1.82) is 0 Å². The second-order valence-electron chi connectivity index (χ2n) is 6.60. The summed E-state index contributed by atoms with van der Waals surface area (Å²) >= 11 is 0. The number of carbonyl (C=O) groups excluding carboxylic acids is 2. The van der Waals surface area contributed by atoms with Crippen LogP contribution in [0.1, 0.15) is 16.7 Å². The summed E-state index contributed by atoms with van der Waals surface area (Å²) in [7, 11) is 1.65. The van der Waals surface area contributed by atoms with Crippen molar-refractivity contribution in [2.45, 2.75) is 20.3 Å². The lowest BCUT2D eigenvalue weighted by Crippen LogP contribution is -2.36. The molecular weight excluding hydrogens is 326 g/mol. The van der Waals surface area contributed by atoms with Crippen LogP contribution in [0.4, 0.5) is 5.69 Å². The van der Waals surface area contributed by atoms with Crippen molar-refractivity contribution in [3.63, 3.8) is 0 Å². The Kier molecular flexibility index (Phi) is 5.07. The van der Waals surface area contributed by atoms with E-state index in [9.17, 15) is 9.59 Å². The van der Waals surface area contributed by atoms with Gasteiger partial charge in [0.2, 0.25) is 11.8 Å². The third-order valence-electron chi connectivity index (χ3n) is 4.57. The molecule has 0 unspecified atom stereocenters. The van der Waals surface area contributed by atoms with Gasteiger partial charge in [-0.2, -0.15) is 0 Å². The molecule has 5 nitrogen and oxygen atoms in total. The normalized spacial score (nSPS) is 10.7. The van der Waals surface area contributed by atoms with Gasteiger partial charge in [0.25, 0.3) is 0 Å². The number of fused-ring (bicyclic) bond motifs is 1. The fourth-order valence-corrected chi connectivity index (χ4v) is 3.07. The molecule has 1 aromatic heterocycles. The lowest BCUT2D eigenvalue weighted by atomic mass is 10.1. The number of para-hydroxylation sites is 2. The van der Waals surface area contributed by atoms with E-state index in [1.165, 1.54) is 4.90 Å². The lowest BCUT2D eigenvalue weighted by molar-refractivity contribution is -0.132. The molecule has 0 bridgehead atoms. The van der Waals surface area contributed by atoms with E-state index in [1.54, 1.807) is 7.05 Å². The molecule has 3 rings (SSSR count). The molecule has 0 saturated carbocycles. The van der Waals surface area contributed by atoms with E-state index in [1.807, 2.05) is 62.5 Å². The Hall–Kier alpha value is -3.08. The van der Waals surface area contributed by atoms with E-state index in [0.29, 0.717) is 0 Å². The first-order valence-electron chi connectivity index (χ1n) is 8.60. The maximum Gasteiger partial charge on any atom is 0.243 e. The highest BCUT2D eigenvalue weighted by Gasteiger charge is 2.16. The Morgan fingerprint density at radius 1 is 1.04 bits per heavy atom. The number of hydrogen-bond acceptors (Lipinski definition) is 2. The molecule has 0 aliphatic carbocycles. The molecular formula is C21H23N3O2. The number of aromatic nitrogens is 1. The van der Waals surface area contributed by atoms with E-state index in [-0.39, 0.29) is 24.8 Å². The van der Waals surface area contributed by atoms with Crippen LogP contribution in [0, 0.1) is 13.8 Å². The molecule has 2 N–H and O–H groups in total. The first-order valence-corrected chi connectivity index (χ1v) is 8.60. The van der Waals surface area contributed by atoms with Crippen molar-refractivity contribution < 1.29 is 9.59 Å². The van der Waals surface area contributed by atoms with Gasteiger partial charge in [0.15, 0.2) is 0 Å². The minimum absolute atomic E-state index is 0.0228. The molecule has 3 aromatic rings. The summed E-state index contributed by atoms with van der Waals surface area (Å²) in [6.45, 7) is 3.93. The van der Waals surface area contributed by atoms with Gasteiger partial charge < -0.3 is 15.2 Å². The van der Waals surface area contributed by atoms with E-state index < -0.39 is 0 Å². The Morgan fingerprint density at radius 3 is 2.46 bits per heavy atom. The van der Waals surface area contributed by atoms with Crippen LogP contribution in [-0.4, -0.2) is 35.3 Å². The summed E-state index contributed by atoms with van der Waals surface area (Å²) in [5.41, 5.74) is 4.77. The number of anilines is 1. The lowest BCUT2D eigenvalue weighted by Gasteiger charge is -2.18. The SMILES string of the molecule is Cc1cccc(C)c1NC(=O)CN(C)C(=O)Cc1c[nH]c2ccccc12. The maximum atomic E-state index is 12.5. The molecule has 0 aliphatic heterocycles. The number of rotatable bonds is 5. The van der Waals surface area contributed by atoms with Gasteiger partial charge in [-0.05, 0) is 36.6 Å². The molecule has 0 saturated heterocycles. The van der Waals surface area contributed by atoms with Crippen molar-refractivity contribution >= 4 is 28.4 Å². The van der Waals surface area contributed by atoms with Crippen molar-refractivity contribution in [1.82, 2.24) is 9.88 Å². The van der Waals surface area contributed by atoms with E-state index in [4.69, 9.17) is 0 Å². The van der Waals surface area contributed by atoms with Gasteiger partial charge in [-0.25, -0.2) is 0 Å². The van der Waals surface area contributed by atoms with Gasteiger partial charge in [0, 0.05) is 29.8 Å². The van der Waals surface area contributed by atoms with Gasteiger partial charge in [-0.15, -0.1) is 0 Å². The van der Waals surface area contributed by atoms with Gasteiger partial charge in [-0.1, -0.05) is 36.4 Å². The number of H-pyrrole nitrogens is 1. The van der Waals surface area contributed by atoms with Crippen LogP contribution in [-0.2, 0) is 16.0 Å². The monoisotopic (exact) mass is 349 g/mol. The molecule has 2 amide bonds. The zero-order valence-electron chi connectivity index (χ0n) is 15.3. The Labute approximate surface area is 153 Å². The van der Waals surface area contributed by atoms with Crippen molar-refractivity contribution in [2.24, 2.45) is 0 Å². The molecule has 134 valence electrons. The standard InChI is InChI=1S/C21H23N3O2/c1-14-7-6-8-15(2)21(14)23-19(25)13-24(3)20(26)11-16-12-22-18-10-5-4-9-17(16)18/h4-10,12,22H,11,13H2,1-3H3,(H,23,25). The van der Waals surface area contributed by atoms with E-state index >= 15 is 0 Å². The summed E-state index contributed by atoms with van der Waals surface area (Å²) in [6.07, 6.45) is 2.12. The number of carbonyl (C=O) groups is 2. The van der Waals surface area contributed by atoms with E-state index in [2.05, 4.69) is 10.3 Å². The minimum atomic E-state index is -0.197. The molecule has 0 radical (unpaired) electrons. The summed E-state index contributed by atoms with van der Waals surface area (Å²) in [5.74, 6) is -0.288. The summed E-state index contributed by atoms with van der Waals surface area (Å²) in [5, 5.41) is 3.95. The number of benzene rings is 2. The fraction of sp³-hybridized carbons (Fsp3) is 0.238. The second-order valence-corrected chi connectivity index (χ2v) is 6.60. The number of hydrogen-bond donors (Lipinski definition) is 2. The Balaban J connectivity index is 1.63. The third-order valence-corrected chi connectivity index (χ3v) is 4.57. The zero-order valence-corrected chi connectivity index (χ0v) is 15.3. The van der Waals surface area contributed by atoms with Gasteiger partial charge >= 0.3 is 0 Å². The van der Waals surface area contributed by atoms with Crippen LogP contribution >= 0.6 is 0 Å². The van der Waals surface area contributed by atoms with Crippen LogP contribution in [0.2, 0.25) is 0 Å². The number of amides is 2. The summed E-state index contributed by atoms with van der Waals surface area (Å²) in [6, 6.07) is 13.7. The van der Waals surface area contributed by atoms with Gasteiger partial charge in [0.05, 0.1) is 13.0 Å². The number of likely N-dealkylation sites (N-methyl/N-ethyl adjacent to an activating group) is 1. The zero-order chi connectivity index (χ0) is 18.7. The topological polar surface area (TPSA) is 65.2 Å². The highest BCUT2D eigenvalue weighted by molar-refractivity contribution is 5.96. The molecule has 0 fully saturated rings. The van der Waals surface area contributed by atoms with Crippen LogP contribution < -0.4 is 5.32 Å². The van der Waals surface area contributed by atoms with E-state index in [0.717, 1.165) is 33.3 Å². The second kappa shape index (κ2) is 7.44. The number of aryl methyl sites for hydroxylation is 2. The van der Waals surface area contributed by atoms with Gasteiger partial charge in [0.1, 0.15) is 0 Å². The average molecular weight is 349 g/mol. The van der Waals surface area contributed by atoms with Crippen LogP contribution in [0.3, 0.4) is 0 Å². The molecule has 1 heterocycles. The summed E-state index contributed by atoms with van der Waals surface area (Å²) < 4.78 is 0. The predicted molar refractivity (Wildman–Crippen MR) is 104 cm³/mol. The van der Waals surface area contributed by atoms with Crippen molar-refractivity contribution in [2.75, 3.05) is 18.9 Å². The first-order chi connectivity index (χ1) is 12.5. The molecule has 0 aliphatic rings. The quantitative estimate of drug-likeness (QED) is 0.741. The molecule has 0 atom stereocenters. The maximum absolute atomic E-state index is 12.5. The number of aromatic amines is 1.